The summed E-state index contributed by atoms with van der Waals surface area (Å²) in [5, 5.41) is 0.418. The van der Waals surface area contributed by atoms with Gasteiger partial charge in [0.2, 0.25) is 0 Å². The maximum Gasteiger partial charge on any atom is 0.166 e. The van der Waals surface area contributed by atoms with Crippen LogP contribution in [0.15, 0.2) is 54.7 Å². The van der Waals surface area contributed by atoms with E-state index in [1.807, 2.05) is 54.0 Å². The first-order valence-corrected chi connectivity index (χ1v) is 7.84. The lowest BCUT2D eigenvalue weighted by Gasteiger charge is -2.10. The molecular weight excluding hydrogens is 322 g/mol. The van der Waals surface area contributed by atoms with Crippen LogP contribution in [-0.2, 0) is 0 Å². The zero-order chi connectivity index (χ0) is 16.7. The minimum atomic E-state index is 0.418. The Labute approximate surface area is 143 Å². The van der Waals surface area contributed by atoms with Gasteiger partial charge >= 0.3 is 0 Å². The number of anilines is 1. The fraction of sp³-hybridized carbons (Fsp3) is 0.0556. The number of rotatable bonds is 2. The summed E-state index contributed by atoms with van der Waals surface area (Å²) >= 11 is 6.10. The van der Waals surface area contributed by atoms with Gasteiger partial charge < -0.3 is 5.73 Å². The second-order valence-corrected chi connectivity index (χ2v) is 5.91. The number of halogens is 1. The van der Waals surface area contributed by atoms with Crippen molar-refractivity contribution in [3.63, 3.8) is 0 Å². The standard InChI is InChI=1S/C18H14ClN5/c1-11-4-6-12(7-5-11)24-17(13-3-2-10-21-16(13)20)22-14-8-9-15(19)23-18(14)24/h2-10H,1H3,(H2,20,21). The van der Waals surface area contributed by atoms with Crippen molar-refractivity contribution in [2.24, 2.45) is 0 Å². The van der Waals surface area contributed by atoms with Crippen molar-refractivity contribution in [1.29, 1.82) is 0 Å². The average Bonchev–Trinajstić information content (AvgIpc) is 2.94. The Hall–Kier alpha value is -2.92. The van der Waals surface area contributed by atoms with Gasteiger partial charge in [-0.15, -0.1) is 0 Å². The van der Waals surface area contributed by atoms with E-state index in [4.69, 9.17) is 22.3 Å². The summed E-state index contributed by atoms with van der Waals surface area (Å²) in [4.78, 5) is 13.3. The van der Waals surface area contributed by atoms with Crippen LogP contribution in [0, 0.1) is 6.92 Å². The van der Waals surface area contributed by atoms with E-state index < -0.39 is 0 Å². The maximum absolute atomic E-state index is 6.10. The molecular formula is C18H14ClN5. The molecule has 0 unspecified atom stereocenters. The maximum atomic E-state index is 6.10. The SMILES string of the molecule is Cc1ccc(-n2c(-c3cccnc3N)nc3ccc(Cl)nc32)cc1. The van der Waals surface area contributed by atoms with E-state index in [1.54, 1.807) is 12.3 Å². The van der Waals surface area contributed by atoms with Crippen molar-refractivity contribution < 1.29 is 0 Å². The number of nitrogen functional groups attached to an aromatic ring is 1. The average molecular weight is 336 g/mol. The number of aryl methyl sites for hydroxylation is 1. The Kier molecular flexibility index (Phi) is 3.43. The zero-order valence-corrected chi connectivity index (χ0v) is 13.7. The molecule has 0 atom stereocenters. The number of hydrogen-bond acceptors (Lipinski definition) is 4. The molecule has 2 N–H and O–H groups in total. The van der Waals surface area contributed by atoms with Crippen LogP contribution in [0.5, 0.6) is 0 Å². The summed E-state index contributed by atoms with van der Waals surface area (Å²) in [6, 6.07) is 15.5. The lowest BCUT2D eigenvalue weighted by Crippen LogP contribution is -2.02. The van der Waals surface area contributed by atoms with Gasteiger partial charge in [-0.3, -0.25) is 4.57 Å². The van der Waals surface area contributed by atoms with E-state index in [1.165, 1.54) is 5.56 Å². The second-order valence-electron chi connectivity index (χ2n) is 5.52. The predicted molar refractivity (Wildman–Crippen MR) is 96.3 cm³/mol. The molecule has 3 aromatic heterocycles. The van der Waals surface area contributed by atoms with E-state index >= 15 is 0 Å². The molecule has 0 saturated heterocycles. The molecule has 0 radical (unpaired) electrons. The van der Waals surface area contributed by atoms with Gasteiger partial charge in [-0.1, -0.05) is 29.3 Å². The number of aromatic nitrogens is 4. The summed E-state index contributed by atoms with van der Waals surface area (Å²) in [6.45, 7) is 2.05. The topological polar surface area (TPSA) is 69.6 Å². The highest BCUT2D eigenvalue weighted by molar-refractivity contribution is 6.29. The third kappa shape index (κ3) is 2.39. The number of imidazole rings is 1. The number of nitrogens with zero attached hydrogens (tertiary/aromatic N) is 4. The molecule has 0 aliphatic rings. The van der Waals surface area contributed by atoms with Crippen LogP contribution >= 0.6 is 11.6 Å². The Morgan fingerprint density at radius 3 is 2.54 bits per heavy atom. The summed E-state index contributed by atoms with van der Waals surface area (Å²) in [6.07, 6.45) is 1.66. The van der Waals surface area contributed by atoms with Gasteiger partial charge in [0.15, 0.2) is 11.5 Å². The van der Waals surface area contributed by atoms with Crippen LogP contribution < -0.4 is 5.73 Å². The largest absolute Gasteiger partial charge is 0.383 e. The molecule has 6 heteroatoms. The molecule has 4 aromatic rings. The molecule has 5 nitrogen and oxygen atoms in total. The molecule has 0 aliphatic heterocycles. The van der Waals surface area contributed by atoms with Crippen molar-refractivity contribution in [3.8, 4) is 17.1 Å². The Balaban J connectivity index is 2.08. The minimum Gasteiger partial charge on any atom is -0.383 e. The first-order valence-electron chi connectivity index (χ1n) is 7.46. The molecule has 1 aromatic carbocycles. The van der Waals surface area contributed by atoms with Gasteiger partial charge in [-0.25, -0.2) is 15.0 Å². The van der Waals surface area contributed by atoms with E-state index in [9.17, 15) is 0 Å². The molecule has 0 aliphatic carbocycles. The minimum absolute atomic E-state index is 0.418. The molecule has 3 heterocycles. The fourth-order valence-electron chi connectivity index (χ4n) is 2.66. The molecule has 0 fully saturated rings. The van der Waals surface area contributed by atoms with Crippen LogP contribution in [0.3, 0.4) is 0 Å². The van der Waals surface area contributed by atoms with Crippen molar-refractivity contribution in [1.82, 2.24) is 19.5 Å². The molecule has 0 saturated carbocycles. The first kappa shape index (κ1) is 14.7. The predicted octanol–water partition coefficient (Wildman–Crippen LogP) is 4.03. The molecule has 0 spiro atoms. The molecule has 0 bridgehead atoms. The Morgan fingerprint density at radius 2 is 1.79 bits per heavy atom. The molecule has 4 rings (SSSR count). The Morgan fingerprint density at radius 1 is 1.00 bits per heavy atom. The first-order chi connectivity index (χ1) is 11.6. The zero-order valence-electron chi connectivity index (χ0n) is 12.9. The van der Waals surface area contributed by atoms with Crippen LogP contribution in [0.1, 0.15) is 5.56 Å². The monoisotopic (exact) mass is 335 g/mol. The second kappa shape index (κ2) is 5.62. The summed E-state index contributed by atoms with van der Waals surface area (Å²) < 4.78 is 1.95. The van der Waals surface area contributed by atoms with Crippen LogP contribution in [0.4, 0.5) is 5.82 Å². The molecule has 118 valence electrons. The van der Waals surface area contributed by atoms with Crippen molar-refractivity contribution in [2.45, 2.75) is 6.92 Å². The number of hydrogen-bond donors (Lipinski definition) is 1. The highest BCUT2D eigenvalue weighted by Crippen LogP contribution is 2.30. The van der Waals surface area contributed by atoms with Crippen molar-refractivity contribution in [3.05, 3.63) is 65.4 Å². The summed E-state index contributed by atoms with van der Waals surface area (Å²) in [5.74, 6) is 1.11. The highest BCUT2D eigenvalue weighted by Gasteiger charge is 2.17. The van der Waals surface area contributed by atoms with Gasteiger partial charge in [-0.05, 0) is 43.3 Å². The van der Waals surface area contributed by atoms with E-state index in [2.05, 4.69) is 9.97 Å². The molecule has 24 heavy (non-hydrogen) atoms. The van der Waals surface area contributed by atoms with Crippen molar-refractivity contribution >= 4 is 28.6 Å². The highest BCUT2D eigenvalue weighted by atomic mass is 35.5. The van der Waals surface area contributed by atoms with Crippen LogP contribution in [0.2, 0.25) is 5.15 Å². The fourth-order valence-corrected chi connectivity index (χ4v) is 2.80. The van der Waals surface area contributed by atoms with Crippen LogP contribution in [-0.4, -0.2) is 19.5 Å². The summed E-state index contributed by atoms with van der Waals surface area (Å²) in [5.41, 5.74) is 10.4. The van der Waals surface area contributed by atoms with Gasteiger partial charge in [0.1, 0.15) is 16.5 Å². The summed E-state index contributed by atoms with van der Waals surface area (Å²) in [7, 11) is 0. The van der Waals surface area contributed by atoms with Gasteiger partial charge in [0.05, 0.1) is 5.56 Å². The number of nitrogens with two attached hydrogens (primary N) is 1. The third-order valence-corrected chi connectivity index (χ3v) is 4.05. The van der Waals surface area contributed by atoms with E-state index in [0.29, 0.717) is 22.4 Å². The van der Waals surface area contributed by atoms with Crippen molar-refractivity contribution in [2.75, 3.05) is 5.73 Å². The number of benzene rings is 1. The lowest BCUT2D eigenvalue weighted by atomic mass is 10.2. The third-order valence-electron chi connectivity index (χ3n) is 3.84. The Bertz CT molecular complexity index is 1040. The number of pyridine rings is 2. The van der Waals surface area contributed by atoms with Gasteiger partial charge in [0.25, 0.3) is 0 Å². The normalized spacial score (nSPS) is 11.1. The smallest absolute Gasteiger partial charge is 0.166 e. The lowest BCUT2D eigenvalue weighted by molar-refractivity contribution is 1.07. The molecule has 0 amide bonds. The number of fused-ring (bicyclic) bond motifs is 1. The van der Waals surface area contributed by atoms with Crippen LogP contribution in [0.25, 0.3) is 28.2 Å². The van der Waals surface area contributed by atoms with Gasteiger partial charge in [0, 0.05) is 11.9 Å². The van der Waals surface area contributed by atoms with Gasteiger partial charge in [-0.2, -0.15) is 0 Å². The van der Waals surface area contributed by atoms with E-state index in [-0.39, 0.29) is 0 Å². The quantitative estimate of drug-likeness (QED) is 0.561. The van der Waals surface area contributed by atoms with E-state index in [0.717, 1.165) is 16.8 Å².